The Labute approximate surface area is 102 Å². The van der Waals surface area contributed by atoms with E-state index in [1.807, 2.05) is 26.0 Å². The Kier molecular flexibility index (Phi) is 3.99. The van der Waals surface area contributed by atoms with E-state index in [0.717, 1.165) is 11.1 Å². The Morgan fingerprint density at radius 1 is 1.31 bits per heavy atom. The summed E-state index contributed by atoms with van der Waals surface area (Å²) < 4.78 is 22.3. The number of sulfone groups is 1. The summed E-state index contributed by atoms with van der Waals surface area (Å²) in [6.45, 7) is 3.90. The largest absolute Gasteiger partial charge is 0.323 e. The van der Waals surface area contributed by atoms with Crippen molar-refractivity contribution in [2.75, 3.05) is 12.0 Å². The predicted octanol–water partition coefficient (Wildman–Crippen LogP) is 2.00. The topological polar surface area (TPSA) is 60.2 Å². The molecular weight excluding hydrogens is 246 g/mol. The summed E-state index contributed by atoms with van der Waals surface area (Å²) in [7, 11) is -3.09. The van der Waals surface area contributed by atoms with Gasteiger partial charge in [-0.2, -0.15) is 0 Å². The minimum Gasteiger partial charge on any atom is -0.323 e. The second-order valence-electron chi connectivity index (χ2n) is 4.16. The highest BCUT2D eigenvalue weighted by molar-refractivity contribution is 7.90. The molecular formula is C11H16ClNO2S. The minimum absolute atomic E-state index is 0.0881. The van der Waals surface area contributed by atoms with Gasteiger partial charge in [0.1, 0.15) is 9.84 Å². The van der Waals surface area contributed by atoms with Crippen molar-refractivity contribution in [3.05, 3.63) is 33.8 Å². The van der Waals surface area contributed by atoms with E-state index in [1.54, 1.807) is 0 Å². The Hall–Kier alpha value is -0.580. The van der Waals surface area contributed by atoms with Crippen LogP contribution in [0.1, 0.15) is 22.7 Å². The summed E-state index contributed by atoms with van der Waals surface area (Å²) >= 11 is 6.05. The average Bonchev–Trinajstić information content (AvgIpc) is 2.08. The molecule has 0 fully saturated rings. The number of nitrogens with two attached hydrogens (primary N) is 1. The number of rotatable bonds is 3. The van der Waals surface area contributed by atoms with Crippen LogP contribution in [0.4, 0.5) is 0 Å². The molecule has 0 aliphatic rings. The summed E-state index contributed by atoms with van der Waals surface area (Å²) in [5.41, 5.74) is 8.66. The molecule has 0 spiro atoms. The van der Waals surface area contributed by atoms with Crippen LogP contribution in [0.5, 0.6) is 0 Å². The molecule has 0 radical (unpaired) electrons. The molecule has 0 aromatic heterocycles. The maximum atomic E-state index is 11.2. The van der Waals surface area contributed by atoms with E-state index in [2.05, 4.69) is 0 Å². The summed E-state index contributed by atoms with van der Waals surface area (Å²) in [6, 6.07) is 3.10. The normalized spacial score (nSPS) is 13.8. The second kappa shape index (κ2) is 4.73. The Morgan fingerprint density at radius 3 is 2.31 bits per heavy atom. The van der Waals surface area contributed by atoms with Gasteiger partial charge in [0.2, 0.25) is 0 Å². The highest BCUT2D eigenvalue weighted by Crippen LogP contribution is 2.25. The first-order valence-electron chi connectivity index (χ1n) is 4.90. The van der Waals surface area contributed by atoms with Crippen molar-refractivity contribution in [1.29, 1.82) is 0 Å². The fraction of sp³-hybridized carbons (Fsp3) is 0.455. The quantitative estimate of drug-likeness (QED) is 0.905. The van der Waals surface area contributed by atoms with E-state index < -0.39 is 15.9 Å². The first-order valence-corrected chi connectivity index (χ1v) is 7.34. The van der Waals surface area contributed by atoms with Gasteiger partial charge in [0, 0.05) is 17.3 Å². The van der Waals surface area contributed by atoms with Gasteiger partial charge in [0.15, 0.2) is 0 Å². The van der Waals surface area contributed by atoms with Crippen LogP contribution in [0.2, 0.25) is 5.02 Å². The van der Waals surface area contributed by atoms with Gasteiger partial charge in [-0.3, -0.25) is 0 Å². The first-order chi connectivity index (χ1) is 7.20. The van der Waals surface area contributed by atoms with Crippen LogP contribution in [0, 0.1) is 13.8 Å². The third-order valence-electron chi connectivity index (χ3n) is 2.49. The third kappa shape index (κ3) is 3.47. The highest BCUT2D eigenvalue weighted by Gasteiger charge is 2.16. The van der Waals surface area contributed by atoms with E-state index >= 15 is 0 Å². The van der Waals surface area contributed by atoms with Crippen molar-refractivity contribution in [2.45, 2.75) is 19.9 Å². The lowest BCUT2D eigenvalue weighted by atomic mass is 10.0. The zero-order chi connectivity index (χ0) is 12.5. The van der Waals surface area contributed by atoms with Gasteiger partial charge < -0.3 is 5.73 Å². The minimum atomic E-state index is -3.09. The molecule has 2 N–H and O–H groups in total. The van der Waals surface area contributed by atoms with Crippen LogP contribution < -0.4 is 5.73 Å². The summed E-state index contributed by atoms with van der Waals surface area (Å²) in [5, 5.41) is 0.527. The molecule has 0 saturated carbocycles. The molecule has 0 aliphatic carbocycles. The van der Waals surface area contributed by atoms with Gasteiger partial charge >= 0.3 is 0 Å². The van der Waals surface area contributed by atoms with Crippen molar-refractivity contribution in [3.63, 3.8) is 0 Å². The van der Waals surface area contributed by atoms with Crippen LogP contribution in [0.25, 0.3) is 0 Å². The Morgan fingerprint density at radius 2 is 1.81 bits per heavy atom. The molecule has 0 saturated heterocycles. The van der Waals surface area contributed by atoms with E-state index in [1.165, 1.54) is 6.26 Å². The molecule has 1 aromatic carbocycles. The van der Waals surface area contributed by atoms with Crippen molar-refractivity contribution in [2.24, 2.45) is 5.73 Å². The van der Waals surface area contributed by atoms with Gasteiger partial charge in [0.25, 0.3) is 0 Å². The molecule has 1 aromatic rings. The fourth-order valence-electron chi connectivity index (χ4n) is 1.50. The van der Waals surface area contributed by atoms with Crippen LogP contribution in [-0.4, -0.2) is 20.4 Å². The molecule has 1 unspecified atom stereocenters. The molecule has 0 aliphatic heterocycles. The monoisotopic (exact) mass is 261 g/mol. The number of benzene rings is 1. The molecule has 5 heteroatoms. The molecule has 1 atom stereocenters. The molecule has 0 amide bonds. The van der Waals surface area contributed by atoms with Gasteiger partial charge in [-0.25, -0.2) is 8.42 Å². The standard InChI is InChI=1S/C11H16ClNO2S/c1-7-4-9(10(12)5-8(7)2)11(13)6-16(3,14)15/h4-5,11H,6,13H2,1-3H3. The van der Waals surface area contributed by atoms with Gasteiger partial charge in [-0.15, -0.1) is 0 Å². The number of hydrogen-bond donors (Lipinski definition) is 1. The molecule has 90 valence electrons. The smallest absolute Gasteiger partial charge is 0.149 e. The number of hydrogen-bond acceptors (Lipinski definition) is 3. The second-order valence-corrected chi connectivity index (χ2v) is 6.75. The van der Waals surface area contributed by atoms with Crippen LogP contribution in [0.3, 0.4) is 0 Å². The lowest BCUT2D eigenvalue weighted by Gasteiger charge is -2.14. The zero-order valence-corrected chi connectivity index (χ0v) is 11.2. The van der Waals surface area contributed by atoms with E-state index in [0.29, 0.717) is 10.6 Å². The molecule has 1 rings (SSSR count). The molecule has 0 bridgehead atoms. The number of halogens is 1. The van der Waals surface area contributed by atoms with E-state index in [-0.39, 0.29) is 5.75 Å². The average molecular weight is 262 g/mol. The van der Waals surface area contributed by atoms with Crippen LogP contribution in [0.15, 0.2) is 12.1 Å². The lowest BCUT2D eigenvalue weighted by molar-refractivity contribution is 0.594. The van der Waals surface area contributed by atoms with Crippen LogP contribution in [-0.2, 0) is 9.84 Å². The summed E-state index contributed by atoms with van der Waals surface area (Å²) in [4.78, 5) is 0. The Bertz CT molecular complexity index is 497. The van der Waals surface area contributed by atoms with Gasteiger partial charge in [-0.1, -0.05) is 17.7 Å². The van der Waals surface area contributed by atoms with E-state index in [4.69, 9.17) is 17.3 Å². The molecule has 16 heavy (non-hydrogen) atoms. The molecule has 0 heterocycles. The highest BCUT2D eigenvalue weighted by atomic mass is 35.5. The zero-order valence-electron chi connectivity index (χ0n) is 9.62. The third-order valence-corrected chi connectivity index (χ3v) is 3.79. The first kappa shape index (κ1) is 13.5. The SMILES string of the molecule is Cc1cc(Cl)c(C(N)CS(C)(=O)=O)cc1C. The van der Waals surface area contributed by atoms with Crippen molar-refractivity contribution in [3.8, 4) is 0 Å². The maximum Gasteiger partial charge on any atom is 0.149 e. The predicted molar refractivity (Wildman–Crippen MR) is 67.6 cm³/mol. The van der Waals surface area contributed by atoms with Crippen molar-refractivity contribution < 1.29 is 8.42 Å². The van der Waals surface area contributed by atoms with Gasteiger partial charge in [-0.05, 0) is 36.6 Å². The van der Waals surface area contributed by atoms with Crippen molar-refractivity contribution in [1.82, 2.24) is 0 Å². The van der Waals surface area contributed by atoms with Crippen molar-refractivity contribution >= 4 is 21.4 Å². The van der Waals surface area contributed by atoms with E-state index in [9.17, 15) is 8.42 Å². The maximum absolute atomic E-state index is 11.2. The molecule has 3 nitrogen and oxygen atoms in total. The lowest BCUT2D eigenvalue weighted by Crippen LogP contribution is -2.21. The Balaban J connectivity index is 3.09. The summed E-state index contributed by atoms with van der Waals surface area (Å²) in [6.07, 6.45) is 1.17. The van der Waals surface area contributed by atoms with Crippen LogP contribution >= 0.6 is 11.6 Å². The van der Waals surface area contributed by atoms with Gasteiger partial charge in [0.05, 0.1) is 5.75 Å². The fourth-order valence-corrected chi connectivity index (χ4v) is 2.69. The summed E-state index contributed by atoms with van der Waals surface area (Å²) in [5.74, 6) is -0.0881. The number of aryl methyl sites for hydroxylation is 2.